The first kappa shape index (κ1) is 24.4. The molecule has 0 aromatic heterocycles. The zero-order valence-corrected chi connectivity index (χ0v) is 22.6. The molecule has 0 aliphatic heterocycles. The standard InChI is InChI=1S/C31H52O2/c1-20(22(3)18-32)8-9-21(2)23-12-14-29(7)25-11-10-24-27(4,5)26(33)13-15-30(24)19-31(25,30)17-16-28(23,29)6/h21-26,32-33H,1,8-19H2,2-7H3/t21-,22-,23-,24+,25+,26+,28+,29+,30+,31-/m1/s1. The Kier molecular flexibility index (Phi) is 5.60. The van der Waals surface area contributed by atoms with Crippen LogP contribution in [-0.2, 0) is 0 Å². The molecule has 5 saturated carbocycles. The van der Waals surface area contributed by atoms with Crippen molar-refractivity contribution in [3.8, 4) is 0 Å². The van der Waals surface area contributed by atoms with Crippen LogP contribution in [0.4, 0.5) is 0 Å². The van der Waals surface area contributed by atoms with Crippen LogP contribution in [0.2, 0.25) is 0 Å². The lowest BCUT2D eigenvalue weighted by Gasteiger charge is -2.63. The summed E-state index contributed by atoms with van der Waals surface area (Å²) in [7, 11) is 0. The predicted molar refractivity (Wildman–Crippen MR) is 137 cm³/mol. The van der Waals surface area contributed by atoms with E-state index in [2.05, 4.69) is 48.1 Å². The first-order chi connectivity index (χ1) is 15.4. The molecule has 5 aliphatic rings. The van der Waals surface area contributed by atoms with Crippen LogP contribution in [0.15, 0.2) is 12.2 Å². The fourth-order valence-corrected chi connectivity index (χ4v) is 11.3. The van der Waals surface area contributed by atoms with Crippen molar-refractivity contribution < 1.29 is 10.2 Å². The fraction of sp³-hybridized carbons (Fsp3) is 0.935. The van der Waals surface area contributed by atoms with Gasteiger partial charge in [-0.2, -0.15) is 0 Å². The van der Waals surface area contributed by atoms with Crippen molar-refractivity contribution in [3.05, 3.63) is 12.2 Å². The first-order valence-corrected chi connectivity index (χ1v) is 14.4. The molecule has 5 fully saturated rings. The summed E-state index contributed by atoms with van der Waals surface area (Å²) in [6.07, 6.45) is 14.4. The zero-order chi connectivity index (χ0) is 24.0. The number of aliphatic hydroxyl groups excluding tert-OH is 2. The maximum atomic E-state index is 10.9. The Balaban J connectivity index is 1.36. The molecule has 33 heavy (non-hydrogen) atoms. The highest BCUT2D eigenvalue weighted by Gasteiger charge is 2.82. The van der Waals surface area contributed by atoms with E-state index < -0.39 is 0 Å². The van der Waals surface area contributed by atoms with Crippen LogP contribution < -0.4 is 0 Å². The number of rotatable bonds is 6. The van der Waals surface area contributed by atoms with E-state index in [0.29, 0.717) is 21.7 Å². The van der Waals surface area contributed by atoms with E-state index in [1.165, 1.54) is 63.4 Å². The van der Waals surface area contributed by atoms with Gasteiger partial charge in [0.2, 0.25) is 0 Å². The van der Waals surface area contributed by atoms with E-state index in [-0.39, 0.29) is 24.0 Å². The van der Waals surface area contributed by atoms with Gasteiger partial charge in [0, 0.05) is 6.61 Å². The molecule has 0 aromatic rings. The summed E-state index contributed by atoms with van der Waals surface area (Å²) in [6, 6.07) is 0. The molecule has 5 aliphatic carbocycles. The van der Waals surface area contributed by atoms with Crippen LogP contribution in [0.5, 0.6) is 0 Å². The molecule has 0 saturated heterocycles. The Morgan fingerprint density at radius 1 is 0.879 bits per heavy atom. The highest BCUT2D eigenvalue weighted by atomic mass is 16.3. The van der Waals surface area contributed by atoms with Gasteiger partial charge in [-0.05, 0) is 127 Å². The quantitative estimate of drug-likeness (QED) is 0.409. The lowest BCUT2D eigenvalue weighted by Crippen LogP contribution is -2.57. The van der Waals surface area contributed by atoms with Crippen molar-refractivity contribution in [2.45, 2.75) is 118 Å². The van der Waals surface area contributed by atoms with Gasteiger partial charge in [0.15, 0.2) is 0 Å². The van der Waals surface area contributed by atoms with Crippen molar-refractivity contribution >= 4 is 0 Å². The van der Waals surface area contributed by atoms with Crippen molar-refractivity contribution in [3.63, 3.8) is 0 Å². The molecule has 2 nitrogen and oxygen atoms in total. The van der Waals surface area contributed by atoms with Crippen LogP contribution in [0.25, 0.3) is 0 Å². The second kappa shape index (κ2) is 7.58. The van der Waals surface area contributed by atoms with Gasteiger partial charge in [-0.25, -0.2) is 0 Å². The molecule has 2 N–H and O–H groups in total. The topological polar surface area (TPSA) is 40.5 Å². The highest BCUT2D eigenvalue weighted by Crippen LogP contribution is 2.89. The van der Waals surface area contributed by atoms with E-state index in [9.17, 15) is 10.2 Å². The van der Waals surface area contributed by atoms with Gasteiger partial charge in [-0.15, -0.1) is 0 Å². The van der Waals surface area contributed by atoms with Gasteiger partial charge < -0.3 is 10.2 Å². The Morgan fingerprint density at radius 3 is 2.24 bits per heavy atom. The van der Waals surface area contributed by atoms with Crippen molar-refractivity contribution in [1.82, 2.24) is 0 Å². The molecule has 0 radical (unpaired) electrons. The Hall–Kier alpha value is -0.340. The molecule has 188 valence electrons. The molecule has 0 heterocycles. The van der Waals surface area contributed by atoms with E-state index in [0.717, 1.165) is 36.5 Å². The third kappa shape index (κ3) is 2.98. The fourth-order valence-electron chi connectivity index (χ4n) is 11.3. The maximum Gasteiger partial charge on any atom is 0.0594 e. The van der Waals surface area contributed by atoms with Gasteiger partial charge in [0.1, 0.15) is 0 Å². The van der Waals surface area contributed by atoms with Crippen LogP contribution in [-0.4, -0.2) is 22.9 Å². The molecular formula is C31H52O2. The second-order valence-electron chi connectivity index (χ2n) is 14.8. The van der Waals surface area contributed by atoms with Crippen molar-refractivity contribution in [2.75, 3.05) is 6.61 Å². The molecular weight excluding hydrogens is 404 g/mol. The van der Waals surface area contributed by atoms with Gasteiger partial charge >= 0.3 is 0 Å². The van der Waals surface area contributed by atoms with E-state index in [1.54, 1.807) is 0 Å². The normalized spacial score (nSPS) is 51.5. The maximum absolute atomic E-state index is 10.9. The summed E-state index contributed by atoms with van der Waals surface area (Å²) in [5, 5.41) is 20.4. The zero-order valence-electron chi connectivity index (χ0n) is 22.6. The average molecular weight is 457 g/mol. The van der Waals surface area contributed by atoms with E-state index in [1.807, 2.05) is 0 Å². The minimum atomic E-state index is -0.105. The Bertz CT molecular complexity index is 801. The van der Waals surface area contributed by atoms with Gasteiger partial charge in [0.05, 0.1) is 6.10 Å². The van der Waals surface area contributed by atoms with Crippen molar-refractivity contribution in [2.24, 2.45) is 56.7 Å². The molecule has 10 atom stereocenters. The van der Waals surface area contributed by atoms with Crippen LogP contribution >= 0.6 is 0 Å². The van der Waals surface area contributed by atoms with Gasteiger partial charge in [-0.1, -0.05) is 53.7 Å². The number of hydrogen-bond acceptors (Lipinski definition) is 2. The van der Waals surface area contributed by atoms with Gasteiger partial charge in [0.25, 0.3) is 0 Å². The molecule has 0 unspecified atom stereocenters. The Morgan fingerprint density at radius 2 is 1.55 bits per heavy atom. The summed E-state index contributed by atoms with van der Waals surface area (Å²) in [5.41, 5.74) is 3.41. The molecule has 5 rings (SSSR count). The molecule has 0 aromatic carbocycles. The average Bonchev–Trinajstić information content (AvgIpc) is 3.36. The van der Waals surface area contributed by atoms with E-state index >= 15 is 0 Å². The summed E-state index contributed by atoms with van der Waals surface area (Å²) in [4.78, 5) is 0. The monoisotopic (exact) mass is 456 g/mol. The van der Waals surface area contributed by atoms with Gasteiger partial charge in [-0.3, -0.25) is 0 Å². The van der Waals surface area contributed by atoms with E-state index in [4.69, 9.17) is 0 Å². The molecule has 0 amide bonds. The molecule has 2 heteroatoms. The lowest BCUT2D eigenvalue weighted by atomic mass is 9.41. The van der Waals surface area contributed by atoms with Crippen molar-refractivity contribution in [1.29, 1.82) is 0 Å². The molecule has 2 spiro atoms. The SMILES string of the molecule is C=C(CC[C@@H](C)[C@H]1CC[C@@]2(C)[C@@H]3CC[C@H]4C(C)(C)[C@@H](O)CC[C@]45C[C@]35CC[C@@]12C)[C@H](C)CO. The minimum absolute atomic E-state index is 0.0925. The minimum Gasteiger partial charge on any atom is -0.396 e. The predicted octanol–water partition coefficient (Wildman–Crippen LogP) is 7.39. The smallest absolute Gasteiger partial charge is 0.0594 e. The van der Waals surface area contributed by atoms with Crippen LogP contribution in [0.1, 0.15) is 112 Å². The number of fused-ring (bicyclic) bond motifs is 2. The molecule has 0 bridgehead atoms. The third-order valence-electron chi connectivity index (χ3n) is 13.7. The lowest BCUT2D eigenvalue weighted by molar-refractivity contribution is -0.161. The third-order valence-corrected chi connectivity index (χ3v) is 13.7. The summed E-state index contributed by atoms with van der Waals surface area (Å²) >= 11 is 0. The number of aliphatic hydroxyl groups is 2. The van der Waals surface area contributed by atoms with Crippen LogP contribution in [0, 0.1) is 56.7 Å². The number of hydrogen-bond donors (Lipinski definition) is 2. The van der Waals surface area contributed by atoms with Crippen LogP contribution in [0.3, 0.4) is 0 Å². The summed E-state index contributed by atoms with van der Waals surface area (Å²) < 4.78 is 0. The summed E-state index contributed by atoms with van der Waals surface area (Å²) in [6.45, 7) is 19.3. The first-order valence-electron chi connectivity index (χ1n) is 14.4. The largest absolute Gasteiger partial charge is 0.396 e. The second-order valence-corrected chi connectivity index (χ2v) is 14.8. The highest BCUT2D eigenvalue weighted by molar-refractivity contribution is 5.30. The summed E-state index contributed by atoms with van der Waals surface area (Å²) in [5.74, 6) is 3.42. The Labute approximate surface area is 204 Å².